The fourth-order valence-electron chi connectivity index (χ4n) is 2.26. The molecule has 0 saturated carbocycles. The van der Waals surface area contributed by atoms with Crippen LogP contribution in [0.15, 0.2) is 24.3 Å². The summed E-state index contributed by atoms with van der Waals surface area (Å²) in [4.78, 5) is 25.2. The maximum Gasteiger partial charge on any atom is 0.417 e. The number of nitrogens with zero attached hydrogens (tertiary/aromatic N) is 1. The Morgan fingerprint density at radius 3 is 2.40 bits per heavy atom. The molecule has 1 saturated heterocycles. The van der Waals surface area contributed by atoms with Gasteiger partial charge in [-0.2, -0.15) is 0 Å². The van der Waals surface area contributed by atoms with Crippen LogP contribution in [0, 0.1) is 6.92 Å². The van der Waals surface area contributed by atoms with E-state index in [4.69, 9.17) is 4.74 Å². The summed E-state index contributed by atoms with van der Waals surface area (Å²) in [6.45, 7) is 7.81. The van der Waals surface area contributed by atoms with E-state index in [1.807, 2.05) is 31.2 Å². The van der Waals surface area contributed by atoms with Gasteiger partial charge in [0.1, 0.15) is 5.60 Å². The first kappa shape index (κ1) is 14.6. The third kappa shape index (κ3) is 3.38. The molecule has 20 heavy (non-hydrogen) atoms. The molecule has 4 heteroatoms. The maximum absolute atomic E-state index is 12.0. The Bertz CT molecular complexity index is 514. The zero-order chi connectivity index (χ0) is 14.9. The number of imide groups is 1. The smallest absolute Gasteiger partial charge is 0.417 e. The van der Waals surface area contributed by atoms with E-state index in [9.17, 15) is 9.59 Å². The van der Waals surface area contributed by atoms with Crippen molar-refractivity contribution in [1.29, 1.82) is 0 Å². The second-order valence-electron chi connectivity index (χ2n) is 6.30. The molecule has 108 valence electrons. The van der Waals surface area contributed by atoms with Gasteiger partial charge in [-0.15, -0.1) is 0 Å². The molecule has 2 rings (SSSR count). The highest BCUT2D eigenvalue weighted by molar-refractivity contribution is 5.94. The summed E-state index contributed by atoms with van der Waals surface area (Å²) < 4.78 is 5.26. The summed E-state index contributed by atoms with van der Waals surface area (Å²) in [6.07, 6.45) is -0.181. The predicted octanol–water partition coefficient (Wildman–Crippen LogP) is 3.25. The largest absolute Gasteiger partial charge is 0.443 e. The number of likely N-dealkylation sites (tertiary alicyclic amines) is 1. The SMILES string of the molecule is Cc1ccc([C@H]2CC(=O)N(C(=O)OC(C)(C)C)C2)cc1. The van der Waals surface area contributed by atoms with Crippen molar-refractivity contribution in [3.63, 3.8) is 0 Å². The average Bonchev–Trinajstić information content (AvgIpc) is 2.70. The van der Waals surface area contributed by atoms with Gasteiger partial charge in [0.05, 0.1) is 0 Å². The van der Waals surface area contributed by atoms with Crippen LogP contribution < -0.4 is 0 Å². The Morgan fingerprint density at radius 1 is 1.25 bits per heavy atom. The van der Waals surface area contributed by atoms with Crippen LogP contribution in [0.25, 0.3) is 0 Å². The van der Waals surface area contributed by atoms with Crippen LogP contribution in [-0.4, -0.2) is 29.0 Å². The lowest BCUT2D eigenvalue weighted by Crippen LogP contribution is -2.37. The van der Waals surface area contributed by atoms with Crippen LogP contribution >= 0.6 is 0 Å². The van der Waals surface area contributed by atoms with Crippen molar-refractivity contribution in [2.75, 3.05) is 6.54 Å². The highest BCUT2D eigenvalue weighted by Gasteiger charge is 2.36. The van der Waals surface area contributed by atoms with Gasteiger partial charge in [0, 0.05) is 18.9 Å². The minimum atomic E-state index is -0.584. The van der Waals surface area contributed by atoms with Crippen LogP contribution in [0.5, 0.6) is 0 Å². The third-order valence-corrected chi connectivity index (χ3v) is 3.29. The summed E-state index contributed by atoms with van der Waals surface area (Å²) in [5, 5.41) is 0. The standard InChI is InChI=1S/C16H21NO3/c1-11-5-7-12(8-6-11)13-9-14(18)17(10-13)15(19)20-16(2,3)4/h5-8,13H,9-10H2,1-4H3/t13-/m0/s1. The molecule has 0 radical (unpaired) electrons. The molecule has 0 N–H and O–H groups in total. The fraction of sp³-hybridized carbons (Fsp3) is 0.500. The second-order valence-corrected chi connectivity index (χ2v) is 6.30. The van der Waals surface area contributed by atoms with Gasteiger partial charge in [0.25, 0.3) is 0 Å². The first-order valence-electron chi connectivity index (χ1n) is 6.86. The molecule has 1 heterocycles. The van der Waals surface area contributed by atoms with E-state index in [1.54, 1.807) is 20.8 Å². The highest BCUT2D eigenvalue weighted by atomic mass is 16.6. The zero-order valence-corrected chi connectivity index (χ0v) is 12.5. The first-order valence-corrected chi connectivity index (χ1v) is 6.86. The summed E-state index contributed by atoms with van der Waals surface area (Å²) >= 11 is 0. The van der Waals surface area contributed by atoms with Crippen molar-refractivity contribution in [2.24, 2.45) is 0 Å². The molecule has 0 spiro atoms. The number of ether oxygens (including phenoxy) is 1. The van der Waals surface area contributed by atoms with Gasteiger partial charge < -0.3 is 4.74 Å². The lowest BCUT2D eigenvalue weighted by atomic mass is 9.97. The number of hydrogen-bond donors (Lipinski definition) is 0. The number of aryl methyl sites for hydroxylation is 1. The quantitative estimate of drug-likeness (QED) is 0.790. The van der Waals surface area contributed by atoms with Gasteiger partial charge in [0.15, 0.2) is 0 Å². The summed E-state index contributed by atoms with van der Waals surface area (Å²) in [7, 11) is 0. The minimum Gasteiger partial charge on any atom is -0.443 e. The van der Waals surface area contributed by atoms with Crippen LogP contribution in [-0.2, 0) is 9.53 Å². The van der Waals surface area contributed by atoms with E-state index >= 15 is 0 Å². The zero-order valence-electron chi connectivity index (χ0n) is 12.5. The van der Waals surface area contributed by atoms with Crippen LogP contribution in [0.4, 0.5) is 4.79 Å². The van der Waals surface area contributed by atoms with Crippen molar-refractivity contribution >= 4 is 12.0 Å². The molecule has 4 nitrogen and oxygen atoms in total. The van der Waals surface area contributed by atoms with Gasteiger partial charge in [0.2, 0.25) is 5.91 Å². The molecule has 0 aromatic heterocycles. The number of rotatable bonds is 1. The Balaban J connectivity index is 2.07. The van der Waals surface area contributed by atoms with Crippen LogP contribution in [0.1, 0.15) is 44.2 Å². The predicted molar refractivity (Wildman–Crippen MR) is 76.5 cm³/mol. The van der Waals surface area contributed by atoms with E-state index < -0.39 is 11.7 Å². The van der Waals surface area contributed by atoms with E-state index in [0.717, 1.165) is 5.56 Å². The lowest BCUT2D eigenvalue weighted by Gasteiger charge is -2.23. The van der Waals surface area contributed by atoms with E-state index in [-0.39, 0.29) is 11.8 Å². The van der Waals surface area contributed by atoms with Gasteiger partial charge in [-0.25, -0.2) is 9.69 Å². The average molecular weight is 275 g/mol. The number of benzene rings is 1. The molecule has 1 aromatic carbocycles. The van der Waals surface area contributed by atoms with Gasteiger partial charge in [-0.3, -0.25) is 4.79 Å². The molecule has 1 fully saturated rings. The lowest BCUT2D eigenvalue weighted by molar-refractivity contribution is -0.126. The number of carbonyl (C=O) groups excluding carboxylic acids is 2. The normalized spacial score (nSPS) is 19.3. The van der Waals surface area contributed by atoms with Gasteiger partial charge in [-0.1, -0.05) is 29.8 Å². The monoisotopic (exact) mass is 275 g/mol. The molecule has 0 unspecified atom stereocenters. The molecular formula is C16H21NO3. The van der Waals surface area contributed by atoms with Gasteiger partial charge in [-0.05, 0) is 33.3 Å². The molecule has 0 bridgehead atoms. The number of carbonyl (C=O) groups is 2. The molecule has 1 aliphatic heterocycles. The Labute approximate surface area is 119 Å². The first-order chi connectivity index (χ1) is 9.26. The third-order valence-electron chi connectivity index (χ3n) is 3.29. The summed E-state index contributed by atoms with van der Waals surface area (Å²) in [5.41, 5.74) is 1.69. The van der Waals surface area contributed by atoms with Crippen molar-refractivity contribution in [1.82, 2.24) is 4.90 Å². The summed E-state index contributed by atoms with van der Waals surface area (Å²) in [5.74, 6) is -0.0968. The fourth-order valence-corrected chi connectivity index (χ4v) is 2.26. The topological polar surface area (TPSA) is 46.6 Å². The highest BCUT2D eigenvalue weighted by Crippen LogP contribution is 2.29. The molecular weight excluding hydrogens is 254 g/mol. The summed E-state index contributed by atoms with van der Waals surface area (Å²) in [6, 6.07) is 8.09. The number of hydrogen-bond acceptors (Lipinski definition) is 3. The molecule has 1 atom stereocenters. The van der Waals surface area contributed by atoms with Crippen molar-refractivity contribution in [3.05, 3.63) is 35.4 Å². The van der Waals surface area contributed by atoms with Crippen molar-refractivity contribution in [2.45, 2.75) is 45.6 Å². The Kier molecular flexibility index (Phi) is 3.84. The van der Waals surface area contributed by atoms with Crippen molar-refractivity contribution in [3.8, 4) is 0 Å². The molecule has 2 amide bonds. The van der Waals surface area contributed by atoms with E-state index in [0.29, 0.717) is 13.0 Å². The minimum absolute atomic E-state index is 0.0654. The molecule has 1 aliphatic rings. The molecule has 0 aliphatic carbocycles. The van der Waals surface area contributed by atoms with Crippen LogP contribution in [0.2, 0.25) is 0 Å². The van der Waals surface area contributed by atoms with Gasteiger partial charge >= 0.3 is 6.09 Å². The van der Waals surface area contributed by atoms with E-state index in [1.165, 1.54) is 10.5 Å². The second kappa shape index (κ2) is 5.27. The van der Waals surface area contributed by atoms with Crippen molar-refractivity contribution < 1.29 is 14.3 Å². The van der Waals surface area contributed by atoms with E-state index in [2.05, 4.69) is 0 Å². The Hall–Kier alpha value is -1.84. The Morgan fingerprint density at radius 2 is 1.85 bits per heavy atom. The maximum atomic E-state index is 12.0. The van der Waals surface area contributed by atoms with Crippen LogP contribution in [0.3, 0.4) is 0 Å². The molecule has 1 aromatic rings. The number of amides is 2.